The molecule has 102 valence electrons. The first-order chi connectivity index (χ1) is 8.97. The minimum absolute atomic E-state index is 0.0497. The first kappa shape index (κ1) is 14.0. The monoisotopic (exact) mass is 300 g/mol. The van der Waals surface area contributed by atoms with E-state index in [-0.39, 0.29) is 12.3 Å². The van der Waals surface area contributed by atoms with Crippen LogP contribution in [0.4, 0.5) is 0 Å². The topological polar surface area (TPSA) is 76.2 Å². The van der Waals surface area contributed by atoms with E-state index in [2.05, 4.69) is 10.2 Å². The number of aromatic nitrogens is 2. The number of carboxylic acids is 1. The Morgan fingerprint density at radius 1 is 1.58 bits per heavy atom. The van der Waals surface area contributed by atoms with Crippen molar-refractivity contribution in [2.24, 2.45) is 5.92 Å². The second-order valence-corrected chi connectivity index (χ2v) is 5.73. The molecule has 0 spiro atoms. The average molecular weight is 301 g/mol. The number of carbonyl (C=O) groups is 1. The largest absolute Gasteiger partial charge is 0.481 e. The van der Waals surface area contributed by atoms with Gasteiger partial charge in [-0.2, -0.15) is 0 Å². The number of aryl methyl sites for hydroxylation is 1. The Morgan fingerprint density at radius 2 is 2.32 bits per heavy atom. The molecule has 0 aliphatic carbocycles. The first-order valence-electron chi connectivity index (χ1n) is 5.75. The fourth-order valence-corrected chi connectivity index (χ4v) is 2.86. The molecule has 0 bridgehead atoms. The molecule has 0 saturated heterocycles. The molecular formula is C12H13ClN2O3S. The number of halogens is 1. The number of nitrogens with zero attached hydrogens (tertiary/aromatic N) is 2. The van der Waals surface area contributed by atoms with Crippen molar-refractivity contribution in [3.05, 3.63) is 21.9 Å². The Labute approximate surface area is 119 Å². The highest BCUT2D eigenvalue weighted by Crippen LogP contribution is 2.35. The molecule has 0 saturated carbocycles. The van der Waals surface area contributed by atoms with Crippen molar-refractivity contribution in [1.29, 1.82) is 0 Å². The lowest BCUT2D eigenvalue weighted by Gasteiger charge is -2.03. The Morgan fingerprint density at radius 3 is 2.89 bits per heavy atom. The summed E-state index contributed by atoms with van der Waals surface area (Å²) in [4.78, 5) is 11.3. The fraction of sp³-hybridized carbons (Fsp3) is 0.417. The van der Waals surface area contributed by atoms with Crippen LogP contribution in [0.3, 0.4) is 0 Å². The van der Waals surface area contributed by atoms with Crippen molar-refractivity contribution >= 4 is 28.9 Å². The molecule has 0 aromatic carbocycles. The van der Waals surface area contributed by atoms with Crippen molar-refractivity contribution < 1.29 is 14.3 Å². The van der Waals surface area contributed by atoms with Crippen molar-refractivity contribution in [1.82, 2.24) is 10.2 Å². The van der Waals surface area contributed by atoms with Crippen LogP contribution in [0.25, 0.3) is 10.8 Å². The van der Waals surface area contributed by atoms with Crippen LogP contribution in [0.15, 0.2) is 9.80 Å². The van der Waals surface area contributed by atoms with E-state index >= 15 is 0 Å². The molecule has 1 N–H and O–H groups in total. The van der Waals surface area contributed by atoms with Gasteiger partial charge < -0.3 is 9.52 Å². The normalized spacial score (nSPS) is 12.6. The summed E-state index contributed by atoms with van der Waals surface area (Å²) >= 11 is 7.58. The average Bonchev–Trinajstić information content (AvgIpc) is 2.87. The van der Waals surface area contributed by atoms with E-state index in [0.717, 1.165) is 10.4 Å². The zero-order valence-corrected chi connectivity index (χ0v) is 12.1. The van der Waals surface area contributed by atoms with Crippen LogP contribution in [0.5, 0.6) is 0 Å². The highest BCUT2D eigenvalue weighted by molar-refractivity contribution is 7.14. The third kappa shape index (κ3) is 3.33. The van der Waals surface area contributed by atoms with E-state index in [1.807, 2.05) is 19.2 Å². The molecule has 5 nitrogen and oxygen atoms in total. The minimum atomic E-state index is -0.829. The Bertz CT molecular complexity index is 594. The van der Waals surface area contributed by atoms with Gasteiger partial charge in [-0.25, -0.2) is 0 Å². The lowest BCUT2D eigenvalue weighted by molar-refractivity contribution is -0.137. The van der Waals surface area contributed by atoms with Crippen LogP contribution in [0.2, 0.25) is 5.02 Å². The van der Waals surface area contributed by atoms with E-state index in [0.29, 0.717) is 23.2 Å². The summed E-state index contributed by atoms with van der Waals surface area (Å²) < 4.78 is 5.53. The summed E-state index contributed by atoms with van der Waals surface area (Å²) in [6, 6.07) is 0. The smallest absolute Gasteiger partial charge is 0.303 e. The zero-order chi connectivity index (χ0) is 14.0. The Kier molecular flexibility index (Phi) is 4.21. The van der Waals surface area contributed by atoms with Gasteiger partial charge in [0.2, 0.25) is 5.89 Å². The van der Waals surface area contributed by atoms with E-state index in [4.69, 9.17) is 21.1 Å². The third-order valence-electron chi connectivity index (χ3n) is 2.61. The van der Waals surface area contributed by atoms with Crippen LogP contribution in [0.1, 0.15) is 24.8 Å². The van der Waals surface area contributed by atoms with Gasteiger partial charge in [-0.05, 0) is 23.8 Å². The molecule has 1 atom stereocenters. The van der Waals surface area contributed by atoms with Gasteiger partial charge in [0, 0.05) is 12.8 Å². The molecule has 0 radical (unpaired) electrons. The molecule has 2 aromatic rings. The Balaban J connectivity index is 2.11. The number of hydrogen-bond acceptors (Lipinski definition) is 5. The van der Waals surface area contributed by atoms with Crippen molar-refractivity contribution in [3.63, 3.8) is 0 Å². The molecule has 7 heteroatoms. The van der Waals surface area contributed by atoms with Gasteiger partial charge in [0.25, 0.3) is 5.89 Å². The minimum Gasteiger partial charge on any atom is -0.481 e. The molecule has 0 amide bonds. The predicted octanol–water partition coefficient (Wildman–Crippen LogP) is 3.41. The molecule has 0 aliphatic rings. The zero-order valence-electron chi connectivity index (χ0n) is 10.5. The highest BCUT2D eigenvalue weighted by atomic mass is 35.5. The number of hydrogen-bond donors (Lipinski definition) is 1. The van der Waals surface area contributed by atoms with Gasteiger partial charge in [-0.15, -0.1) is 21.5 Å². The lowest BCUT2D eigenvalue weighted by Crippen LogP contribution is -2.07. The predicted molar refractivity (Wildman–Crippen MR) is 72.5 cm³/mol. The quantitative estimate of drug-likeness (QED) is 0.915. The van der Waals surface area contributed by atoms with Gasteiger partial charge in [0.05, 0.1) is 5.02 Å². The van der Waals surface area contributed by atoms with E-state index in [9.17, 15) is 4.79 Å². The van der Waals surface area contributed by atoms with Crippen LogP contribution in [-0.2, 0) is 11.2 Å². The van der Waals surface area contributed by atoms with Crippen LogP contribution in [0, 0.1) is 12.8 Å². The SMILES string of the molecule is Cc1csc(-c2nnc(CC(C)CC(=O)O)o2)c1Cl. The molecule has 2 heterocycles. The highest BCUT2D eigenvalue weighted by Gasteiger charge is 2.17. The summed E-state index contributed by atoms with van der Waals surface area (Å²) in [5.41, 5.74) is 0.973. The number of aliphatic carboxylic acids is 1. The van der Waals surface area contributed by atoms with Crippen molar-refractivity contribution in [2.75, 3.05) is 0 Å². The molecule has 1 unspecified atom stereocenters. The Hall–Kier alpha value is -1.40. The van der Waals surface area contributed by atoms with Gasteiger partial charge in [0.15, 0.2) is 0 Å². The molecule has 0 aliphatic heterocycles. The summed E-state index contributed by atoms with van der Waals surface area (Å²) in [5.74, 6) is -0.0537. The van der Waals surface area contributed by atoms with Crippen LogP contribution in [-0.4, -0.2) is 21.3 Å². The maximum absolute atomic E-state index is 10.6. The molecule has 0 fully saturated rings. The van der Waals surface area contributed by atoms with Gasteiger partial charge >= 0.3 is 5.97 Å². The van der Waals surface area contributed by atoms with E-state index in [1.54, 1.807) is 0 Å². The first-order valence-corrected chi connectivity index (χ1v) is 7.01. The fourth-order valence-electron chi connectivity index (χ4n) is 1.67. The second-order valence-electron chi connectivity index (χ2n) is 4.47. The molecule has 2 aromatic heterocycles. The van der Waals surface area contributed by atoms with Crippen molar-refractivity contribution in [3.8, 4) is 10.8 Å². The lowest BCUT2D eigenvalue weighted by atomic mass is 10.0. The standard InChI is InChI=1S/C12H13ClN2O3S/c1-6(4-9(16)17)3-8-14-15-12(18-8)11-10(13)7(2)5-19-11/h5-6H,3-4H2,1-2H3,(H,16,17). The molecule has 19 heavy (non-hydrogen) atoms. The maximum Gasteiger partial charge on any atom is 0.303 e. The van der Waals surface area contributed by atoms with E-state index < -0.39 is 5.97 Å². The number of carboxylic acid groups (broad SMARTS) is 1. The van der Waals surface area contributed by atoms with E-state index in [1.165, 1.54) is 11.3 Å². The molecule has 2 rings (SSSR count). The van der Waals surface area contributed by atoms with Crippen LogP contribution >= 0.6 is 22.9 Å². The second kappa shape index (κ2) is 5.71. The van der Waals surface area contributed by atoms with Crippen molar-refractivity contribution in [2.45, 2.75) is 26.7 Å². The summed E-state index contributed by atoms with van der Waals surface area (Å²) in [5, 5.41) is 19.1. The molecular weight excluding hydrogens is 288 g/mol. The number of thiophene rings is 1. The summed E-state index contributed by atoms with van der Waals surface area (Å²) in [6.45, 7) is 3.74. The summed E-state index contributed by atoms with van der Waals surface area (Å²) in [6.07, 6.45) is 0.526. The van der Waals surface area contributed by atoms with Gasteiger partial charge in [0.1, 0.15) is 4.88 Å². The van der Waals surface area contributed by atoms with Crippen LogP contribution < -0.4 is 0 Å². The number of rotatable bonds is 5. The maximum atomic E-state index is 10.6. The van der Waals surface area contributed by atoms with Gasteiger partial charge in [-0.1, -0.05) is 18.5 Å². The summed E-state index contributed by atoms with van der Waals surface area (Å²) in [7, 11) is 0. The third-order valence-corrected chi connectivity index (χ3v) is 4.29. The van der Waals surface area contributed by atoms with Gasteiger partial charge in [-0.3, -0.25) is 4.79 Å².